The molecule has 4 rings (SSSR count). The molecule has 0 aromatic carbocycles. The monoisotopic (exact) mass is 303 g/mol. The normalized spacial score (nSPS) is 51.3. The van der Waals surface area contributed by atoms with Crippen LogP contribution in [0.4, 0.5) is 0 Å². The summed E-state index contributed by atoms with van der Waals surface area (Å²) in [6.07, 6.45) is 8.33. The molecule has 0 aromatic heterocycles. The summed E-state index contributed by atoms with van der Waals surface area (Å²) >= 11 is 0. The van der Waals surface area contributed by atoms with E-state index in [1.165, 1.54) is 12.8 Å². The van der Waals surface area contributed by atoms with E-state index in [4.69, 9.17) is 0 Å². The highest BCUT2D eigenvalue weighted by atomic mass is 16.2. The number of carbonyl (C=O) groups excluding carboxylic acids is 2. The Balaban J connectivity index is 1.67. The van der Waals surface area contributed by atoms with Gasteiger partial charge in [-0.1, -0.05) is 13.8 Å². The van der Waals surface area contributed by atoms with Crippen molar-refractivity contribution in [3.63, 3.8) is 0 Å². The number of Topliss-reactive ketones (excluding diaryl/α,β-unsaturated/α-hetero) is 1. The van der Waals surface area contributed by atoms with Crippen LogP contribution in [0.5, 0.6) is 0 Å². The van der Waals surface area contributed by atoms with Crippen molar-refractivity contribution in [2.75, 3.05) is 7.05 Å². The van der Waals surface area contributed by atoms with Gasteiger partial charge in [-0.15, -0.1) is 0 Å². The van der Waals surface area contributed by atoms with Crippen LogP contribution in [-0.4, -0.2) is 29.7 Å². The Morgan fingerprint density at radius 1 is 0.955 bits per heavy atom. The second kappa shape index (κ2) is 4.58. The predicted octanol–water partition coefficient (Wildman–Crippen LogP) is 3.42. The molecule has 3 saturated carbocycles. The summed E-state index contributed by atoms with van der Waals surface area (Å²) in [5.41, 5.74) is 0.249. The fourth-order valence-electron chi connectivity index (χ4n) is 6.92. The van der Waals surface area contributed by atoms with E-state index in [1.54, 1.807) is 0 Å². The summed E-state index contributed by atoms with van der Waals surface area (Å²) in [6.45, 7) is 4.69. The van der Waals surface area contributed by atoms with Gasteiger partial charge in [-0.2, -0.15) is 0 Å². The number of amides is 1. The summed E-state index contributed by atoms with van der Waals surface area (Å²) in [5.74, 6) is 2.90. The van der Waals surface area contributed by atoms with E-state index in [9.17, 15) is 9.59 Å². The average molecular weight is 303 g/mol. The van der Waals surface area contributed by atoms with E-state index in [0.717, 1.165) is 32.1 Å². The highest BCUT2D eigenvalue weighted by Gasteiger charge is 2.61. The van der Waals surface area contributed by atoms with E-state index in [1.807, 2.05) is 11.9 Å². The lowest BCUT2D eigenvalue weighted by atomic mass is 9.47. The zero-order valence-corrected chi connectivity index (χ0v) is 14.2. The average Bonchev–Trinajstić information content (AvgIpc) is 2.79. The first-order valence-electron chi connectivity index (χ1n) is 9.17. The molecule has 1 amide bonds. The second-order valence-corrected chi connectivity index (χ2v) is 8.90. The van der Waals surface area contributed by atoms with Crippen molar-refractivity contribution in [3.05, 3.63) is 0 Å². The van der Waals surface area contributed by atoms with Crippen LogP contribution in [0.25, 0.3) is 0 Å². The molecule has 1 heterocycles. The number of fused-ring (bicyclic) bond motifs is 5. The SMILES string of the molecule is CN1C(=O)CC[C@]2(C)C3CC[C@]4(C)C(=O)CCC4C3CCC12. The van der Waals surface area contributed by atoms with Crippen LogP contribution in [0.2, 0.25) is 0 Å². The molecule has 0 radical (unpaired) electrons. The first kappa shape index (κ1) is 14.7. The Kier molecular flexibility index (Phi) is 3.06. The third-order valence-electron chi connectivity index (χ3n) is 8.27. The number of hydrogen-bond donors (Lipinski definition) is 0. The first-order valence-corrected chi connectivity index (χ1v) is 9.17. The van der Waals surface area contributed by atoms with Gasteiger partial charge >= 0.3 is 0 Å². The first-order chi connectivity index (χ1) is 10.4. The zero-order chi connectivity index (χ0) is 15.7. The van der Waals surface area contributed by atoms with Crippen molar-refractivity contribution in [1.29, 1.82) is 0 Å². The quantitative estimate of drug-likeness (QED) is 0.687. The standard InChI is InChI=1S/C19H29NO2/c1-18-11-9-17(22)20(3)15(18)6-4-12-13-5-7-16(21)19(13,2)10-8-14(12)18/h12-15H,4-11H2,1-3H3/t12?,13?,14?,15?,18-,19+/m1/s1. The molecule has 6 atom stereocenters. The molecule has 4 aliphatic rings. The molecule has 0 bridgehead atoms. The van der Waals surface area contributed by atoms with Crippen molar-refractivity contribution in [2.24, 2.45) is 28.6 Å². The van der Waals surface area contributed by atoms with Gasteiger partial charge in [0.1, 0.15) is 5.78 Å². The van der Waals surface area contributed by atoms with Gasteiger partial charge in [0.05, 0.1) is 0 Å². The molecule has 3 aliphatic carbocycles. The Labute approximate surface area is 133 Å². The van der Waals surface area contributed by atoms with Gasteiger partial charge in [0, 0.05) is 31.3 Å². The molecule has 1 saturated heterocycles. The van der Waals surface area contributed by atoms with E-state index in [0.29, 0.717) is 41.9 Å². The summed E-state index contributed by atoms with van der Waals surface area (Å²) in [5, 5.41) is 0. The molecule has 0 spiro atoms. The molecule has 0 aromatic rings. The fourth-order valence-corrected chi connectivity index (χ4v) is 6.92. The van der Waals surface area contributed by atoms with Gasteiger partial charge in [-0.3, -0.25) is 9.59 Å². The Morgan fingerprint density at radius 2 is 1.73 bits per heavy atom. The molecular formula is C19H29NO2. The Bertz CT molecular complexity index is 530. The number of likely N-dealkylation sites (tertiary alicyclic amines) is 1. The van der Waals surface area contributed by atoms with Crippen LogP contribution >= 0.6 is 0 Å². The number of rotatable bonds is 0. The minimum atomic E-state index is -0.0270. The highest BCUT2D eigenvalue weighted by molar-refractivity contribution is 5.87. The molecule has 0 N–H and O–H groups in total. The van der Waals surface area contributed by atoms with Crippen molar-refractivity contribution in [1.82, 2.24) is 4.90 Å². The van der Waals surface area contributed by atoms with E-state index >= 15 is 0 Å². The molecule has 3 heteroatoms. The van der Waals surface area contributed by atoms with Crippen molar-refractivity contribution < 1.29 is 9.59 Å². The number of ketones is 1. The number of piperidine rings is 1. The largest absolute Gasteiger partial charge is 0.342 e. The smallest absolute Gasteiger partial charge is 0.222 e. The van der Waals surface area contributed by atoms with Crippen LogP contribution in [0.3, 0.4) is 0 Å². The topological polar surface area (TPSA) is 37.4 Å². The van der Waals surface area contributed by atoms with E-state index in [2.05, 4.69) is 13.8 Å². The third kappa shape index (κ3) is 1.68. The lowest BCUT2D eigenvalue weighted by molar-refractivity contribution is -0.158. The lowest BCUT2D eigenvalue weighted by Gasteiger charge is -2.61. The van der Waals surface area contributed by atoms with Crippen LogP contribution < -0.4 is 0 Å². The van der Waals surface area contributed by atoms with Crippen molar-refractivity contribution in [3.8, 4) is 0 Å². The third-order valence-corrected chi connectivity index (χ3v) is 8.27. The number of hydrogen-bond acceptors (Lipinski definition) is 2. The highest BCUT2D eigenvalue weighted by Crippen LogP contribution is 2.63. The maximum atomic E-state index is 12.4. The molecule has 22 heavy (non-hydrogen) atoms. The second-order valence-electron chi connectivity index (χ2n) is 8.90. The molecule has 3 nitrogen and oxygen atoms in total. The molecule has 122 valence electrons. The van der Waals surface area contributed by atoms with Gasteiger partial charge in [0.25, 0.3) is 0 Å². The summed E-state index contributed by atoms with van der Waals surface area (Å²) in [6, 6.07) is 0.427. The van der Waals surface area contributed by atoms with Crippen LogP contribution in [-0.2, 0) is 9.59 Å². The van der Waals surface area contributed by atoms with Gasteiger partial charge in [0.2, 0.25) is 5.91 Å². The van der Waals surface area contributed by atoms with Crippen molar-refractivity contribution >= 4 is 11.7 Å². The predicted molar refractivity (Wildman–Crippen MR) is 85.2 cm³/mol. The summed E-state index contributed by atoms with van der Waals surface area (Å²) < 4.78 is 0. The summed E-state index contributed by atoms with van der Waals surface area (Å²) in [4.78, 5) is 26.6. The zero-order valence-electron chi connectivity index (χ0n) is 14.2. The fraction of sp³-hybridized carbons (Fsp3) is 0.895. The van der Waals surface area contributed by atoms with Crippen LogP contribution in [0, 0.1) is 28.6 Å². The minimum absolute atomic E-state index is 0.0270. The van der Waals surface area contributed by atoms with Gasteiger partial charge in [0.15, 0.2) is 0 Å². The van der Waals surface area contributed by atoms with Crippen LogP contribution in [0.15, 0.2) is 0 Å². The van der Waals surface area contributed by atoms with Gasteiger partial charge in [-0.25, -0.2) is 0 Å². The Hall–Kier alpha value is -0.860. The molecular weight excluding hydrogens is 274 g/mol. The lowest BCUT2D eigenvalue weighted by Crippen LogP contribution is -2.61. The minimum Gasteiger partial charge on any atom is -0.342 e. The van der Waals surface area contributed by atoms with E-state index in [-0.39, 0.29) is 10.8 Å². The molecule has 4 unspecified atom stereocenters. The molecule has 4 fully saturated rings. The van der Waals surface area contributed by atoms with Gasteiger partial charge in [-0.05, 0) is 61.7 Å². The van der Waals surface area contributed by atoms with Gasteiger partial charge < -0.3 is 4.90 Å². The molecule has 1 aliphatic heterocycles. The van der Waals surface area contributed by atoms with Crippen LogP contribution in [0.1, 0.15) is 65.2 Å². The maximum Gasteiger partial charge on any atom is 0.222 e. The van der Waals surface area contributed by atoms with E-state index < -0.39 is 0 Å². The summed E-state index contributed by atoms with van der Waals surface area (Å²) in [7, 11) is 2.01. The number of carbonyl (C=O) groups is 2. The Morgan fingerprint density at radius 3 is 2.50 bits per heavy atom. The number of nitrogens with zero attached hydrogens (tertiary/aromatic N) is 1. The maximum absolute atomic E-state index is 12.4. The van der Waals surface area contributed by atoms with Crippen molar-refractivity contribution in [2.45, 2.75) is 71.3 Å².